The average Bonchev–Trinajstić information content (AvgIpc) is 2.42. The fourth-order valence-electron chi connectivity index (χ4n) is 1.84. The van der Waals surface area contributed by atoms with Gasteiger partial charge in [0.2, 0.25) is 5.91 Å². The van der Waals surface area contributed by atoms with Crippen LogP contribution in [-0.2, 0) is 11.2 Å². The molecule has 0 fully saturated rings. The molecule has 0 aliphatic heterocycles. The molecule has 3 N–H and O–H groups in total. The molecular formula is C16H18N2O2. The van der Waals surface area contributed by atoms with Crippen LogP contribution < -0.4 is 15.8 Å². The number of nitrogens with one attached hydrogen (secondary N) is 1. The normalized spacial score (nSPS) is 10.1. The van der Waals surface area contributed by atoms with Crippen LogP contribution in [0.1, 0.15) is 19.4 Å². The molecule has 104 valence electrons. The van der Waals surface area contributed by atoms with E-state index >= 15 is 0 Å². The van der Waals surface area contributed by atoms with Crippen molar-refractivity contribution in [3.63, 3.8) is 0 Å². The molecule has 4 nitrogen and oxygen atoms in total. The molecule has 0 saturated heterocycles. The SMILES string of the molecule is CCc1ccc(Oc2ccc(NC(C)=O)c(N)c2)cc1. The van der Waals surface area contributed by atoms with Crippen LogP contribution in [0.25, 0.3) is 0 Å². The molecule has 2 aromatic rings. The fourth-order valence-corrected chi connectivity index (χ4v) is 1.84. The maximum Gasteiger partial charge on any atom is 0.221 e. The van der Waals surface area contributed by atoms with Crippen LogP contribution in [0.2, 0.25) is 0 Å². The Morgan fingerprint density at radius 2 is 1.80 bits per heavy atom. The van der Waals surface area contributed by atoms with Crippen LogP contribution in [0.15, 0.2) is 42.5 Å². The van der Waals surface area contributed by atoms with Gasteiger partial charge in [-0.2, -0.15) is 0 Å². The van der Waals surface area contributed by atoms with Crippen molar-refractivity contribution in [3.05, 3.63) is 48.0 Å². The summed E-state index contributed by atoms with van der Waals surface area (Å²) < 4.78 is 5.73. The second-order valence-corrected chi connectivity index (χ2v) is 4.53. The highest BCUT2D eigenvalue weighted by Crippen LogP contribution is 2.28. The Morgan fingerprint density at radius 1 is 1.15 bits per heavy atom. The van der Waals surface area contributed by atoms with Crippen molar-refractivity contribution >= 4 is 17.3 Å². The number of carbonyl (C=O) groups is 1. The third-order valence-electron chi connectivity index (χ3n) is 2.90. The standard InChI is InChI=1S/C16H18N2O2/c1-3-12-4-6-13(7-5-12)20-14-8-9-16(15(17)10-14)18-11(2)19/h4-10H,3,17H2,1-2H3,(H,18,19). The van der Waals surface area contributed by atoms with E-state index in [1.165, 1.54) is 12.5 Å². The summed E-state index contributed by atoms with van der Waals surface area (Å²) in [5.74, 6) is 1.25. The predicted molar refractivity (Wildman–Crippen MR) is 81.1 cm³/mol. The Kier molecular flexibility index (Phi) is 4.25. The fraction of sp³-hybridized carbons (Fsp3) is 0.188. The van der Waals surface area contributed by atoms with Crippen LogP contribution in [0.5, 0.6) is 11.5 Å². The van der Waals surface area contributed by atoms with E-state index in [2.05, 4.69) is 12.2 Å². The lowest BCUT2D eigenvalue weighted by atomic mass is 10.2. The zero-order valence-corrected chi connectivity index (χ0v) is 11.6. The molecule has 0 unspecified atom stereocenters. The topological polar surface area (TPSA) is 64.3 Å². The van der Waals surface area contributed by atoms with Crippen molar-refractivity contribution in [2.75, 3.05) is 11.1 Å². The lowest BCUT2D eigenvalue weighted by molar-refractivity contribution is -0.114. The van der Waals surface area contributed by atoms with Gasteiger partial charge in [0.15, 0.2) is 0 Å². The monoisotopic (exact) mass is 270 g/mol. The number of aryl methyl sites for hydroxylation is 1. The van der Waals surface area contributed by atoms with Gasteiger partial charge in [-0.05, 0) is 36.2 Å². The van der Waals surface area contributed by atoms with Gasteiger partial charge in [-0.3, -0.25) is 4.79 Å². The average molecular weight is 270 g/mol. The highest BCUT2D eigenvalue weighted by molar-refractivity contribution is 5.92. The minimum absolute atomic E-state index is 0.152. The first-order valence-electron chi connectivity index (χ1n) is 6.52. The van der Waals surface area contributed by atoms with E-state index in [-0.39, 0.29) is 5.91 Å². The molecular weight excluding hydrogens is 252 g/mol. The Bertz CT molecular complexity index is 606. The summed E-state index contributed by atoms with van der Waals surface area (Å²) in [7, 11) is 0. The van der Waals surface area contributed by atoms with Crippen LogP contribution in [-0.4, -0.2) is 5.91 Å². The minimum Gasteiger partial charge on any atom is -0.457 e. The van der Waals surface area contributed by atoms with Gasteiger partial charge in [0, 0.05) is 13.0 Å². The summed E-state index contributed by atoms with van der Waals surface area (Å²) >= 11 is 0. The summed E-state index contributed by atoms with van der Waals surface area (Å²) in [6.07, 6.45) is 0.999. The van der Waals surface area contributed by atoms with E-state index in [9.17, 15) is 4.79 Å². The molecule has 0 aromatic heterocycles. The van der Waals surface area contributed by atoms with Crippen molar-refractivity contribution in [3.8, 4) is 11.5 Å². The molecule has 20 heavy (non-hydrogen) atoms. The minimum atomic E-state index is -0.152. The molecule has 4 heteroatoms. The molecule has 0 radical (unpaired) electrons. The quantitative estimate of drug-likeness (QED) is 0.834. The summed E-state index contributed by atoms with van der Waals surface area (Å²) in [5, 5.41) is 2.66. The first kappa shape index (κ1) is 13.9. The van der Waals surface area contributed by atoms with Gasteiger partial charge in [-0.25, -0.2) is 0 Å². The number of hydrogen-bond donors (Lipinski definition) is 2. The largest absolute Gasteiger partial charge is 0.457 e. The number of ether oxygens (including phenoxy) is 1. The Morgan fingerprint density at radius 3 is 2.35 bits per heavy atom. The number of nitrogen functional groups attached to an aromatic ring is 1. The van der Waals surface area contributed by atoms with E-state index in [1.54, 1.807) is 18.2 Å². The highest BCUT2D eigenvalue weighted by atomic mass is 16.5. The van der Waals surface area contributed by atoms with Crippen LogP contribution in [0, 0.1) is 0 Å². The maximum absolute atomic E-state index is 11.0. The van der Waals surface area contributed by atoms with Gasteiger partial charge in [-0.1, -0.05) is 19.1 Å². The second-order valence-electron chi connectivity index (χ2n) is 4.53. The van der Waals surface area contributed by atoms with Crippen molar-refractivity contribution in [2.45, 2.75) is 20.3 Å². The van der Waals surface area contributed by atoms with Crippen LogP contribution in [0.4, 0.5) is 11.4 Å². The van der Waals surface area contributed by atoms with Gasteiger partial charge in [-0.15, -0.1) is 0 Å². The summed E-state index contributed by atoms with van der Waals surface area (Å²) in [5.41, 5.74) is 8.20. The second kappa shape index (κ2) is 6.10. The van der Waals surface area contributed by atoms with E-state index in [0.29, 0.717) is 17.1 Å². The Labute approximate surface area is 118 Å². The summed E-state index contributed by atoms with van der Waals surface area (Å²) in [6.45, 7) is 3.55. The maximum atomic E-state index is 11.0. The number of amides is 1. The van der Waals surface area contributed by atoms with E-state index < -0.39 is 0 Å². The van der Waals surface area contributed by atoms with Crippen LogP contribution in [0.3, 0.4) is 0 Å². The van der Waals surface area contributed by atoms with Gasteiger partial charge < -0.3 is 15.8 Å². The van der Waals surface area contributed by atoms with Crippen molar-refractivity contribution in [1.82, 2.24) is 0 Å². The molecule has 0 spiro atoms. The van der Waals surface area contributed by atoms with Crippen molar-refractivity contribution in [2.24, 2.45) is 0 Å². The Hall–Kier alpha value is -2.49. The smallest absolute Gasteiger partial charge is 0.221 e. The molecule has 0 bridgehead atoms. The lowest BCUT2D eigenvalue weighted by Gasteiger charge is -2.10. The summed E-state index contributed by atoms with van der Waals surface area (Å²) in [6, 6.07) is 13.1. The summed E-state index contributed by atoms with van der Waals surface area (Å²) in [4.78, 5) is 11.0. The molecule has 0 aliphatic carbocycles. The van der Waals surface area contributed by atoms with Crippen molar-refractivity contribution in [1.29, 1.82) is 0 Å². The van der Waals surface area contributed by atoms with Gasteiger partial charge in [0.25, 0.3) is 0 Å². The lowest BCUT2D eigenvalue weighted by Crippen LogP contribution is -2.07. The van der Waals surface area contributed by atoms with E-state index in [1.807, 2.05) is 24.3 Å². The number of carbonyl (C=O) groups excluding carboxylic acids is 1. The number of anilines is 2. The Balaban J connectivity index is 2.13. The molecule has 0 heterocycles. The number of hydrogen-bond acceptors (Lipinski definition) is 3. The zero-order valence-electron chi connectivity index (χ0n) is 11.6. The van der Waals surface area contributed by atoms with E-state index in [4.69, 9.17) is 10.5 Å². The van der Waals surface area contributed by atoms with Crippen molar-refractivity contribution < 1.29 is 9.53 Å². The molecule has 0 aliphatic rings. The van der Waals surface area contributed by atoms with Crippen LogP contribution >= 0.6 is 0 Å². The molecule has 2 rings (SSSR count). The van der Waals surface area contributed by atoms with E-state index in [0.717, 1.165) is 12.2 Å². The predicted octanol–water partition coefficient (Wildman–Crippen LogP) is 3.58. The van der Waals surface area contributed by atoms with Gasteiger partial charge >= 0.3 is 0 Å². The first-order valence-corrected chi connectivity index (χ1v) is 6.52. The highest BCUT2D eigenvalue weighted by Gasteiger charge is 2.04. The molecule has 0 atom stereocenters. The first-order chi connectivity index (χ1) is 9.58. The van der Waals surface area contributed by atoms with Gasteiger partial charge in [0.05, 0.1) is 11.4 Å². The zero-order chi connectivity index (χ0) is 14.5. The number of rotatable bonds is 4. The number of nitrogens with two attached hydrogens (primary N) is 1. The number of benzene rings is 2. The third-order valence-corrected chi connectivity index (χ3v) is 2.90. The molecule has 1 amide bonds. The molecule has 0 saturated carbocycles. The van der Waals surface area contributed by atoms with Gasteiger partial charge in [0.1, 0.15) is 11.5 Å². The molecule has 2 aromatic carbocycles. The third kappa shape index (κ3) is 3.51.